The van der Waals surface area contributed by atoms with Gasteiger partial charge in [-0.1, -0.05) is 18.2 Å². The van der Waals surface area contributed by atoms with Crippen LogP contribution in [-0.2, 0) is 27.2 Å². The number of carbonyl (C=O) groups excluding carboxylic acids is 2. The number of nitrogens with one attached hydrogen (secondary N) is 3. The van der Waals surface area contributed by atoms with Crippen molar-refractivity contribution in [2.24, 2.45) is 5.73 Å². The minimum atomic E-state index is -1.13. The van der Waals surface area contributed by atoms with Crippen molar-refractivity contribution in [3.05, 3.63) is 54.2 Å². The van der Waals surface area contributed by atoms with Crippen LogP contribution in [0.25, 0.3) is 10.9 Å². The standard InChI is InChI=1S/C22H26N6O4/c23-16(9-14-11-24-12-26-14)21(30)28-7-3-6-19(28)20(29)27-18(22(31)32)8-13-10-25-17-5-2-1-4-15(13)17/h1-2,4-5,10-12,16,18-19,25H,3,6-9,23H2,(H,24,26)(H,27,29)(H,31,32)/t16-,18-,19-/m0/s1. The Bertz CT molecular complexity index is 1110. The number of likely N-dealkylation sites (tertiary alicyclic amines) is 1. The Hall–Kier alpha value is -3.66. The maximum Gasteiger partial charge on any atom is 0.326 e. The van der Waals surface area contributed by atoms with Crippen molar-refractivity contribution in [1.29, 1.82) is 0 Å². The van der Waals surface area contributed by atoms with Crippen LogP contribution >= 0.6 is 0 Å². The number of para-hydroxylation sites is 1. The highest BCUT2D eigenvalue weighted by molar-refractivity contribution is 5.92. The molecular weight excluding hydrogens is 412 g/mol. The van der Waals surface area contributed by atoms with E-state index in [-0.39, 0.29) is 18.7 Å². The fourth-order valence-corrected chi connectivity index (χ4v) is 4.22. The van der Waals surface area contributed by atoms with Gasteiger partial charge in [-0.3, -0.25) is 9.59 Å². The van der Waals surface area contributed by atoms with E-state index in [0.29, 0.717) is 25.1 Å². The average Bonchev–Trinajstić information content (AvgIpc) is 3.54. The molecule has 32 heavy (non-hydrogen) atoms. The molecule has 3 aromatic rings. The minimum Gasteiger partial charge on any atom is -0.480 e. The number of rotatable bonds is 8. The second-order valence-corrected chi connectivity index (χ2v) is 8.02. The third kappa shape index (κ3) is 4.50. The van der Waals surface area contributed by atoms with Gasteiger partial charge in [0.25, 0.3) is 0 Å². The first kappa shape index (κ1) is 21.6. The molecule has 0 bridgehead atoms. The van der Waals surface area contributed by atoms with Crippen molar-refractivity contribution in [3.63, 3.8) is 0 Å². The number of imidazole rings is 1. The van der Waals surface area contributed by atoms with Crippen LogP contribution in [0.4, 0.5) is 0 Å². The number of hydrogen-bond acceptors (Lipinski definition) is 5. The molecule has 1 aromatic carbocycles. The third-order valence-corrected chi connectivity index (χ3v) is 5.85. The maximum absolute atomic E-state index is 13.0. The Balaban J connectivity index is 1.43. The molecule has 0 saturated carbocycles. The second kappa shape index (κ2) is 9.23. The van der Waals surface area contributed by atoms with Crippen LogP contribution in [0.5, 0.6) is 0 Å². The van der Waals surface area contributed by atoms with Gasteiger partial charge in [-0.2, -0.15) is 0 Å². The Kier molecular flexibility index (Phi) is 6.22. The molecule has 4 rings (SSSR count). The Morgan fingerprint density at radius 1 is 1.25 bits per heavy atom. The smallest absolute Gasteiger partial charge is 0.326 e. The fraction of sp³-hybridized carbons (Fsp3) is 0.364. The van der Waals surface area contributed by atoms with Crippen molar-refractivity contribution in [2.75, 3.05) is 6.54 Å². The summed E-state index contributed by atoms with van der Waals surface area (Å²) in [6, 6.07) is 4.90. The number of carboxylic acids is 1. The largest absolute Gasteiger partial charge is 0.480 e. The maximum atomic E-state index is 13.0. The van der Waals surface area contributed by atoms with E-state index in [1.165, 1.54) is 11.2 Å². The molecule has 0 unspecified atom stereocenters. The van der Waals surface area contributed by atoms with Crippen LogP contribution in [0.3, 0.4) is 0 Å². The summed E-state index contributed by atoms with van der Waals surface area (Å²) in [6.07, 6.45) is 6.44. The number of nitrogens with two attached hydrogens (primary N) is 1. The number of aromatic nitrogens is 3. The zero-order valence-electron chi connectivity index (χ0n) is 17.5. The highest BCUT2D eigenvalue weighted by Gasteiger charge is 2.37. The summed E-state index contributed by atoms with van der Waals surface area (Å²) in [6.45, 7) is 0.408. The Morgan fingerprint density at radius 2 is 2.06 bits per heavy atom. The predicted octanol–water partition coefficient (Wildman–Crippen LogP) is 0.564. The molecule has 1 aliphatic rings. The molecule has 2 amide bonds. The fourth-order valence-electron chi connectivity index (χ4n) is 4.22. The molecule has 1 fully saturated rings. The normalized spacial score (nSPS) is 17.9. The summed E-state index contributed by atoms with van der Waals surface area (Å²) in [7, 11) is 0. The summed E-state index contributed by atoms with van der Waals surface area (Å²) in [5.74, 6) is -1.95. The lowest BCUT2D eigenvalue weighted by Gasteiger charge is -2.27. The molecule has 3 heterocycles. The molecule has 2 aromatic heterocycles. The number of carboxylic acid groups (broad SMARTS) is 1. The summed E-state index contributed by atoms with van der Waals surface area (Å²) in [4.78, 5) is 49.2. The van der Waals surface area contributed by atoms with Gasteiger partial charge in [0.1, 0.15) is 12.1 Å². The van der Waals surface area contributed by atoms with Crippen molar-refractivity contribution >= 4 is 28.7 Å². The molecule has 10 nitrogen and oxygen atoms in total. The zero-order valence-corrected chi connectivity index (χ0v) is 17.5. The number of benzene rings is 1. The first-order valence-corrected chi connectivity index (χ1v) is 10.6. The molecular formula is C22H26N6O4. The van der Waals surface area contributed by atoms with Crippen LogP contribution in [0.2, 0.25) is 0 Å². The van der Waals surface area contributed by atoms with E-state index in [4.69, 9.17) is 5.73 Å². The SMILES string of the molecule is N[C@@H](Cc1c[nH]cn1)C(=O)N1CCC[C@H]1C(=O)N[C@@H](Cc1c[nH]c2ccccc12)C(=O)O. The topological polar surface area (TPSA) is 157 Å². The first-order chi connectivity index (χ1) is 15.4. The number of hydrogen-bond donors (Lipinski definition) is 5. The van der Waals surface area contributed by atoms with Crippen molar-refractivity contribution in [2.45, 2.75) is 43.8 Å². The second-order valence-electron chi connectivity index (χ2n) is 8.02. The van der Waals surface area contributed by atoms with Gasteiger partial charge < -0.3 is 31.0 Å². The van der Waals surface area contributed by atoms with Gasteiger partial charge in [0, 0.05) is 42.7 Å². The number of nitrogens with zero attached hydrogens (tertiary/aromatic N) is 2. The highest BCUT2D eigenvalue weighted by atomic mass is 16.4. The number of H-pyrrole nitrogens is 2. The quantitative estimate of drug-likeness (QED) is 0.346. The molecule has 0 spiro atoms. The molecule has 10 heteroatoms. The minimum absolute atomic E-state index is 0.129. The molecule has 0 aliphatic carbocycles. The van der Waals surface area contributed by atoms with Crippen molar-refractivity contribution in [3.8, 4) is 0 Å². The molecule has 168 valence electrons. The summed E-state index contributed by atoms with van der Waals surface area (Å²) >= 11 is 0. The van der Waals surface area contributed by atoms with E-state index in [0.717, 1.165) is 16.5 Å². The van der Waals surface area contributed by atoms with E-state index in [1.54, 1.807) is 12.4 Å². The van der Waals surface area contributed by atoms with E-state index in [1.807, 2.05) is 24.3 Å². The molecule has 0 radical (unpaired) electrons. The average molecular weight is 438 g/mol. The van der Waals surface area contributed by atoms with Crippen LogP contribution in [-0.4, -0.2) is 67.4 Å². The van der Waals surface area contributed by atoms with Gasteiger partial charge in [0.05, 0.1) is 18.1 Å². The van der Waals surface area contributed by atoms with Gasteiger partial charge in [-0.25, -0.2) is 9.78 Å². The van der Waals surface area contributed by atoms with E-state index in [2.05, 4.69) is 20.3 Å². The summed E-state index contributed by atoms with van der Waals surface area (Å²) in [5.41, 5.74) is 8.43. The lowest BCUT2D eigenvalue weighted by molar-refractivity contribution is -0.144. The van der Waals surface area contributed by atoms with E-state index >= 15 is 0 Å². The Labute approximate surface area is 184 Å². The number of amides is 2. The Morgan fingerprint density at radius 3 is 2.81 bits per heavy atom. The molecule has 1 saturated heterocycles. The van der Waals surface area contributed by atoms with Gasteiger partial charge in [0.2, 0.25) is 11.8 Å². The third-order valence-electron chi connectivity index (χ3n) is 5.85. The molecule has 1 aliphatic heterocycles. The van der Waals surface area contributed by atoms with Crippen LogP contribution < -0.4 is 11.1 Å². The number of fused-ring (bicyclic) bond motifs is 1. The monoisotopic (exact) mass is 438 g/mol. The van der Waals surface area contributed by atoms with Crippen molar-refractivity contribution in [1.82, 2.24) is 25.2 Å². The number of carbonyl (C=O) groups is 3. The van der Waals surface area contributed by atoms with Crippen LogP contribution in [0.1, 0.15) is 24.1 Å². The lowest BCUT2D eigenvalue weighted by Crippen LogP contribution is -2.54. The molecule has 6 N–H and O–H groups in total. The number of aromatic amines is 2. The lowest BCUT2D eigenvalue weighted by atomic mass is 10.0. The van der Waals surface area contributed by atoms with Crippen molar-refractivity contribution < 1.29 is 19.5 Å². The van der Waals surface area contributed by atoms with E-state index in [9.17, 15) is 19.5 Å². The van der Waals surface area contributed by atoms with E-state index < -0.39 is 30.0 Å². The van der Waals surface area contributed by atoms with Gasteiger partial charge in [0.15, 0.2) is 0 Å². The predicted molar refractivity (Wildman–Crippen MR) is 117 cm³/mol. The van der Waals surface area contributed by atoms with Crippen LogP contribution in [0, 0.1) is 0 Å². The zero-order chi connectivity index (χ0) is 22.7. The van der Waals surface area contributed by atoms with Crippen LogP contribution in [0.15, 0.2) is 43.0 Å². The highest BCUT2D eigenvalue weighted by Crippen LogP contribution is 2.21. The van der Waals surface area contributed by atoms with Gasteiger partial charge in [-0.05, 0) is 24.5 Å². The first-order valence-electron chi connectivity index (χ1n) is 10.6. The van der Waals surface area contributed by atoms with Gasteiger partial charge >= 0.3 is 5.97 Å². The summed E-state index contributed by atoms with van der Waals surface area (Å²) < 4.78 is 0. The molecule has 3 atom stereocenters. The number of aliphatic carboxylic acids is 1. The van der Waals surface area contributed by atoms with Gasteiger partial charge in [-0.15, -0.1) is 0 Å². The summed E-state index contributed by atoms with van der Waals surface area (Å²) in [5, 5.41) is 13.2.